The highest BCUT2D eigenvalue weighted by Crippen LogP contribution is 2.29. The number of carboxylic acids is 1. The van der Waals surface area contributed by atoms with Gasteiger partial charge in [-0.15, -0.1) is 0 Å². The lowest BCUT2D eigenvalue weighted by atomic mass is 10.0. The van der Waals surface area contributed by atoms with Crippen LogP contribution in [0.2, 0.25) is 0 Å². The predicted molar refractivity (Wildman–Crippen MR) is 37.1 cm³/mol. The standard InChI is InChI=1S/C7H10O5/c8-5-3(6(9)10)1-2-4(5)7(11)12/h3-4,6,9-10H,1-2H2,(H,11,12). The van der Waals surface area contributed by atoms with Crippen LogP contribution in [0.3, 0.4) is 0 Å². The van der Waals surface area contributed by atoms with Crippen LogP contribution in [0.4, 0.5) is 0 Å². The molecule has 0 radical (unpaired) electrons. The molecule has 0 heterocycles. The third-order valence-corrected chi connectivity index (χ3v) is 2.13. The topological polar surface area (TPSA) is 94.8 Å². The number of carboxylic acid groups (broad SMARTS) is 1. The van der Waals surface area contributed by atoms with Gasteiger partial charge in [-0.05, 0) is 12.8 Å². The van der Waals surface area contributed by atoms with Gasteiger partial charge in [0.25, 0.3) is 0 Å². The summed E-state index contributed by atoms with van der Waals surface area (Å²) in [6, 6.07) is 0. The lowest BCUT2D eigenvalue weighted by Crippen LogP contribution is -2.28. The monoisotopic (exact) mass is 174 g/mol. The van der Waals surface area contributed by atoms with Gasteiger partial charge in [-0.2, -0.15) is 0 Å². The van der Waals surface area contributed by atoms with Crippen LogP contribution in [-0.4, -0.2) is 33.4 Å². The van der Waals surface area contributed by atoms with Crippen molar-refractivity contribution in [1.29, 1.82) is 0 Å². The van der Waals surface area contributed by atoms with Crippen LogP contribution in [0.15, 0.2) is 0 Å². The molecule has 2 unspecified atom stereocenters. The van der Waals surface area contributed by atoms with Crippen molar-refractivity contribution in [2.75, 3.05) is 0 Å². The van der Waals surface area contributed by atoms with Crippen LogP contribution in [0, 0.1) is 11.8 Å². The average molecular weight is 174 g/mol. The Balaban J connectivity index is 2.67. The van der Waals surface area contributed by atoms with E-state index in [4.69, 9.17) is 15.3 Å². The zero-order valence-corrected chi connectivity index (χ0v) is 6.30. The van der Waals surface area contributed by atoms with Gasteiger partial charge in [0.05, 0.1) is 5.92 Å². The first-order valence-electron chi connectivity index (χ1n) is 3.66. The van der Waals surface area contributed by atoms with Gasteiger partial charge in [0.1, 0.15) is 5.92 Å². The average Bonchev–Trinajstić information content (AvgIpc) is 2.30. The second-order valence-electron chi connectivity index (χ2n) is 2.89. The van der Waals surface area contributed by atoms with E-state index in [1.54, 1.807) is 0 Å². The smallest absolute Gasteiger partial charge is 0.314 e. The minimum atomic E-state index is -1.72. The van der Waals surface area contributed by atoms with Crippen LogP contribution in [0.1, 0.15) is 12.8 Å². The fraction of sp³-hybridized carbons (Fsp3) is 0.714. The van der Waals surface area contributed by atoms with Crippen molar-refractivity contribution in [1.82, 2.24) is 0 Å². The Morgan fingerprint density at radius 2 is 2.00 bits per heavy atom. The maximum atomic E-state index is 11.1. The highest BCUT2D eigenvalue weighted by Gasteiger charge is 2.41. The number of hydrogen-bond acceptors (Lipinski definition) is 4. The molecule has 0 spiro atoms. The summed E-state index contributed by atoms with van der Waals surface area (Å²) in [4.78, 5) is 21.5. The van der Waals surface area contributed by atoms with E-state index in [1.807, 2.05) is 0 Å². The van der Waals surface area contributed by atoms with Crippen LogP contribution in [0.25, 0.3) is 0 Å². The molecular weight excluding hydrogens is 164 g/mol. The van der Waals surface area contributed by atoms with E-state index in [0.29, 0.717) is 0 Å². The highest BCUT2D eigenvalue weighted by atomic mass is 16.5. The largest absolute Gasteiger partial charge is 0.481 e. The molecule has 0 bridgehead atoms. The highest BCUT2D eigenvalue weighted by molar-refractivity contribution is 6.01. The molecule has 0 saturated heterocycles. The summed E-state index contributed by atoms with van der Waals surface area (Å²) in [5.41, 5.74) is 0. The number of aliphatic carboxylic acids is 1. The van der Waals surface area contributed by atoms with Crippen molar-refractivity contribution in [3.63, 3.8) is 0 Å². The minimum absolute atomic E-state index is 0.205. The molecule has 3 N–H and O–H groups in total. The third-order valence-electron chi connectivity index (χ3n) is 2.13. The Kier molecular flexibility index (Phi) is 2.44. The number of hydrogen-bond donors (Lipinski definition) is 3. The summed E-state index contributed by atoms with van der Waals surface area (Å²) in [5.74, 6) is -3.71. The lowest BCUT2D eigenvalue weighted by Gasteiger charge is -2.09. The Morgan fingerprint density at radius 3 is 2.25 bits per heavy atom. The minimum Gasteiger partial charge on any atom is -0.481 e. The van der Waals surface area contributed by atoms with E-state index in [-0.39, 0.29) is 12.8 Å². The van der Waals surface area contributed by atoms with Gasteiger partial charge in [-0.25, -0.2) is 0 Å². The number of aliphatic hydroxyl groups excluding tert-OH is 1. The fourth-order valence-electron chi connectivity index (χ4n) is 1.43. The van der Waals surface area contributed by atoms with Gasteiger partial charge < -0.3 is 15.3 Å². The number of Topliss-reactive ketones (excluding diaryl/α,β-unsaturated/α-hetero) is 1. The van der Waals surface area contributed by atoms with Crippen LogP contribution < -0.4 is 0 Å². The first-order chi connectivity index (χ1) is 5.54. The zero-order chi connectivity index (χ0) is 9.30. The molecule has 0 aliphatic heterocycles. The van der Waals surface area contributed by atoms with Gasteiger partial charge in [0.2, 0.25) is 0 Å². The van der Waals surface area contributed by atoms with Gasteiger partial charge >= 0.3 is 5.97 Å². The number of carbonyl (C=O) groups is 2. The molecule has 0 aromatic carbocycles. The number of carbonyl (C=O) groups excluding carboxylic acids is 1. The third kappa shape index (κ3) is 1.46. The lowest BCUT2D eigenvalue weighted by molar-refractivity contribution is -0.149. The second-order valence-corrected chi connectivity index (χ2v) is 2.89. The van der Waals surface area contributed by atoms with E-state index < -0.39 is 29.9 Å². The molecule has 1 aliphatic carbocycles. The molecule has 0 amide bonds. The number of rotatable bonds is 2. The Morgan fingerprint density at radius 1 is 1.42 bits per heavy atom. The molecule has 1 aliphatic rings. The van der Waals surface area contributed by atoms with Crippen LogP contribution in [0.5, 0.6) is 0 Å². The molecule has 2 atom stereocenters. The van der Waals surface area contributed by atoms with Crippen molar-refractivity contribution >= 4 is 11.8 Å². The van der Waals surface area contributed by atoms with Crippen molar-refractivity contribution < 1.29 is 24.9 Å². The molecule has 12 heavy (non-hydrogen) atoms. The maximum absolute atomic E-state index is 11.1. The molecule has 1 fully saturated rings. The molecular formula is C7H10O5. The summed E-state index contributed by atoms with van der Waals surface area (Å²) in [6.07, 6.45) is -1.27. The maximum Gasteiger partial charge on any atom is 0.314 e. The summed E-state index contributed by atoms with van der Waals surface area (Å²) in [6.45, 7) is 0. The summed E-state index contributed by atoms with van der Waals surface area (Å²) in [7, 11) is 0. The van der Waals surface area contributed by atoms with Gasteiger partial charge in [0, 0.05) is 0 Å². The van der Waals surface area contributed by atoms with Crippen molar-refractivity contribution in [3.05, 3.63) is 0 Å². The molecule has 5 heteroatoms. The molecule has 1 saturated carbocycles. The Labute approximate surface area is 68.6 Å². The van der Waals surface area contributed by atoms with Gasteiger partial charge in [-0.3, -0.25) is 9.59 Å². The summed E-state index contributed by atoms with van der Waals surface area (Å²) in [5, 5.41) is 25.8. The van der Waals surface area contributed by atoms with Crippen LogP contribution >= 0.6 is 0 Å². The van der Waals surface area contributed by atoms with Crippen molar-refractivity contribution in [3.8, 4) is 0 Å². The van der Waals surface area contributed by atoms with E-state index in [2.05, 4.69) is 0 Å². The van der Waals surface area contributed by atoms with Gasteiger partial charge in [-0.1, -0.05) is 0 Å². The first kappa shape index (κ1) is 9.15. The summed E-state index contributed by atoms with van der Waals surface area (Å²) < 4.78 is 0. The number of ketones is 1. The predicted octanol–water partition coefficient (Wildman–Crippen LogP) is -1.02. The van der Waals surface area contributed by atoms with E-state index in [0.717, 1.165) is 0 Å². The Hall–Kier alpha value is -0.940. The molecule has 5 nitrogen and oxygen atoms in total. The Bertz CT molecular complexity index is 210. The van der Waals surface area contributed by atoms with Crippen LogP contribution in [-0.2, 0) is 9.59 Å². The van der Waals surface area contributed by atoms with E-state index in [1.165, 1.54) is 0 Å². The molecule has 0 aromatic heterocycles. The van der Waals surface area contributed by atoms with Crippen molar-refractivity contribution in [2.24, 2.45) is 11.8 Å². The SMILES string of the molecule is O=C(O)C1CCC(C(O)O)C1=O. The second kappa shape index (κ2) is 3.20. The normalized spacial score (nSPS) is 29.8. The molecule has 0 aromatic rings. The van der Waals surface area contributed by atoms with E-state index >= 15 is 0 Å². The van der Waals surface area contributed by atoms with Gasteiger partial charge in [0.15, 0.2) is 12.1 Å². The first-order valence-corrected chi connectivity index (χ1v) is 3.66. The van der Waals surface area contributed by atoms with Crippen molar-refractivity contribution in [2.45, 2.75) is 19.1 Å². The zero-order valence-electron chi connectivity index (χ0n) is 6.30. The molecule has 68 valence electrons. The van der Waals surface area contributed by atoms with E-state index in [9.17, 15) is 9.59 Å². The molecule has 1 rings (SSSR count). The fourth-order valence-corrected chi connectivity index (χ4v) is 1.43. The summed E-state index contributed by atoms with van der Waals surface area (Å²) >= 11 is 0. The number of aliphatic hydroxyl groups is 2. The quantitative estimate of drug-likeness (QED) is 0.368.